The summed E-state index contributed by atoms with van der Waals surface area (Å²) in [6.07, 6.45) is 3.57. The standard InChI is InChI=1S/C12H19ClN4O2/c1-2-18-8-9-19-12-15-10(13)14-11(16-12)17-6-4-3-5-7-17/h2-9H2,1H3. The molecule has 0 saturated carbocycles. The molecular formula is C12H19ClN4O2. The summed E-state index contributed by atoms with van der Waals surface area (Å²) in [7, 11) is 0. The van der Waals surface area contributed by atoms with E-state index in [0.717, 1.165) is 25.9 Å². The summed E-state index contributed by atoms with van der Waals surface area (Å²) in [6.45, 7) is 5.44. The molecule has 19 heavy (non-hydrogen) atoms. The fraction of sp³-hybridized carbons (Fsp3) is 0.750. The van der Waals surface area contributed by atoms with Gasteiger partial charge < -0.3 is 14.4 Å². The van der Waals surface area contributed by atoms with Crippen LogP contribution in [0.25, 0.3) is 0 Å². The van der Waals surface area contributed by atoms with E-state index < -0.39 is 0 Å². The van der Waals surface area contributed by atoms with E-state index in [1.807, 2.05) is 6.92 Å². The van der Waals surface area contributed by atoms with Crippen LogP contribution in [0.15, 0.2) is 0 Å². The molecule has 2 rings (SSSR count). The molecule has 0 atom stereocenters. The second-order valence-electron chi connectivity index (χ2n) is 4.28. The quantitative estimate of drug-likeness (QED) is 0.745. The number of hydrogen-bond donors (Lipinski definition) is 0. The first kappa shape index (κ1) is 14.3. The number of nitrogens with zero attached hydrogens (tertiary/aromatic N) is 4. The minimum absolute atomic E-state index is 0.169. The van der Waals surface area contributed by atoms with Crippen molar-refractivity contribution in [2.24, 2.45) is 0 Å². The summed E-state index contributed by atoms with van der Waals surface area (Å²) in [5.74, 6) is 0.603. The predicted molar refractivity (Wildman–Crippen MR) is 72.9 cm³/mol. The van der Waals surface area contributed by atoms with E-state index in [1.54, 1.807) is 0 Å². The molecule has 7 heteroatoms. The largest absolute Gasteiger partial charge is 0.461 e. The van der Waals surface area contributed by atoms with Crippen molar-refractivity contribution in [3.05, 3.63) is 5.28 Å². The van der Waals surface area contributed by atoms with E-state index in [9.17, 15) is 0 Å². The molecule has 2 heterocycles. The molecule has 1 aromatic rings. The highest BCUT2D eigenvalue weighted by Gasteiger charge is 2.16. The Morgan fingerprint density at radius 1 is 1.11 bits per heavy atom. The van der Waals surface area contributed by atoms with Gasteiger partial charge in [-0.3, -0.25) is 0 Å². The van der Waals surface area contributed by atoms with Crippen LogP contribution < -0.4 is 9.64 Å². The van der Waals surface area contributed by atoms with Crippen LogP contribution in [0.5, 0.6) is 6.01 Å². The summed E-state index contributed by atoms with van der Waals surface area (Å²) in [5.41, 5.74) is 0. The van der Waals surface area contributed by atoms with Crippen molar-refractivity contribution >= 4 is 17.5 Å². The third kappa shape index (κ3) is 4.47. The summed E-state index contributed by atoms with van der Waals surface area (Å²) >= 11 is 5.91. The summed E-state index contributed by atoms with van der Waals surface area (Å²) in [6, 6.07) is 0.264. The average Bonchev–Trinajstić information content (AvgIpc) is 2.44. The Morgan fingerprint density at radius 2 is 1.89 bits per heavy atom. The number of anilines is 1. The van der Waals surface area contributed by atoms with Crippen LogP contribution in [0.1, 0.15) is 26.2 Å². The maximum absolute atomic E-state index is 5.91. The minimum Gasteiger partial charge on any atom is -0.461 e. The summed E-state index contributed by atoms with van der Waals surface area (Å²) < 4.78 is 10.6. The van der Waals surface area contributed by atoms with Crippen molar-refractivity contribution in [2.75, 3.05) is 37.8 Å². The molecule has 0 radical (unpaired) electrons. The lowest BCUT2D eigenvalue weighted by atomic mass is 10.1. The summed E-state index contributed by atoms with van der Waals surface area (Å²) in [4.78, 5) is 14.5. The van der Waals surface area contributed by atoms with Gasteiger partial charge in [-0.15, -0.1) is 0 Å². The third-order valence-corrected chi connectivity index (χ3v) is 3.05. The lowest BCUT2D eigenvalue weighted by Crippen LogP contribution is -2.31. The molecule has 1 aromatic heterocycles. The first-order valence-electron chi connectivity index (χ1n) is 6.66. The Labute approximate surface area is 118 Å². The monoisotopic (exact) mass is 286 g/mol. The van der Waals surface area contributed by atoms with Crippen molar-refractivity contribution < 1.29 is 9.47 Å². The normalized spacial score (nSPS) is 15.6. The molecule has 1 aliphatic heterocycles. The van der Waals surface area contributed by atoms with E-state index >= 15 is 0 Å². The van der Waals surface area contributed by atoms with Crippen LogP contribution >= 0.6 is 11.6 Å². The molecule has 0 unspecified atom stereocenters. The van der Waals surface area contributed by atoms with Gasteiger partial charge in [0.15, 0.2) is 0 Å². The Kier molecular flexibility index (Phi) is 5.60. The van der Waals surface area contributed by atoms with E-state index in [2.05, 4.69) is 19.9 Å². The van der Waals surface area contributed by atoms with Crippen LogP contribution in [-0.2, 0) is 4.74 Å². The van der Waals surface area contributed by atoms with Crippen LogP contribution in [0, 0.1) is 0 Å². The first-order valence-corrected chi connectivity index (χ1v) is 7.04. The number of ether oxygens (including phenoxy) is 2. The molecule has 0 amide bonds. The van der Waals surface area contributed by atoms with Gasteiger partial charge >= 0.3 is 6.01 Å². The fourth-order valence-corrected chi connectivity index (χ4v) is 2.11. The molecule has 0 bridgehead atoms. The van der Waals surface area contributed by atoms with Crippen LogP contribution in [-0.4, -0.2) is 47.9 Å². The van der Waals surface area contributed by atoms with E-state index in [1.165, 1.54) is 6.42 Å². The lowest BCUT2D eigenvalue weighted by molar-refractivity contribution is 0.106. The Hall–Kier alpha value is -1.14. The van der Waals surface area contributed by atoms with Crippen LogP contribution in [0.4, 0.5) is 5.95 Å². The number of halogens is 1. The molecular weight excluding hydrogens is 268 g/mol. The van der Waals surface area contributed by atoms with Gasteiger partial charge in [-0.1, -0.05) is 0 Å². The summed E-state index contributed by atoms with van der Waals surface area (Å²) in [5, 5.41) is 0.169. The van der Waals surface area contributed by atoms with Gasteiger partial charge in [0.2, 0.25) is 11.2 Å². The predicted octanol–water partition coefficient (Wildman–Crippen LogP) is 1.93. The van der Waals surface area contributed by atoms with E-state index in [0.29, 0.717) is 25.8 Å². The van der Waals surface area contributed by atoms with Gasteiger partial charge in [-0.2, -0.15) is 15.0 Å². The molecule has 0 N–H and O–H groups in total. The molecule has 0 aromatic carbocycles. The molecule has 1 fully saturated rings. The van der Waals surface area contributed by atoms with Gasteiger partial charge in [0, 0.05) is 19.7 Å². The van der Waals surface area contributed by atoms with Gasteiger partial charge in [0.05, 0.1) is 6.61 Å². The lowest BCUT2D eigenvalue weighted by Gasteiger charge is -2.26. The van der Waals surface area contributed by atoms with Crippen molar-refractivity contribution in [2.45, 2.75) is 26.2 Å². The molecule has 1 saturated heterocycles. The minimum atomic E-state index is 0.169. The Morgan fingerprint density at radius 3 is 2.63 bits per heavy atom. The van der Waals surface area contributed by atoms with Crippen molar-refractivity contribution in [3.63, 3.8) is 0 Å². The Balaban J connectivity index is 1.97. The third-order valence-electron chi connectivity index (χ3n) is 2.88. The molecule has 1 aliphatic rings. The fourth-order valence-electron chi connectivity index (χ4n) is 1.96. The van der Waals surface area contributed by atoms with Gasteiger partial charge in [-0.05, 0) is 37.8 Å². The maximum Gasteiger partial charge on any atom is 0.322 e. The van der Waals surface area contributed by atoms with Crippen molar-refractivity contribution in [1.82, 2.24) is 15.0 Å². The zero-order valence-corrected chi connectivity index (χ0v) is 11.9. The second-order valence-corrected chi connectivity index (χ2v) is 4.62. The van der Waals surface area contributed by atoms with Crippen LogP contribution in [0.2, 0.25) is 5.28 Å². The molecule has 0 spiro atoms. The molecule has 0 aliphatic carbocycles. The zero-order valence-electron chi connectivity index (χ0n) is 11.1. The zero-order chi connectivity index (χ0) is 13.5. The van der Waals surface area contributed by atoms with E-state index in [-0.39, 0.29) is 11.3 Å². The van der Waals surface area contributed by atoms with Gasteiger partial charge in [0.25, 0.3) is 0 Å². The van der Waals surface area contributed by atoms with Crippen molar-refractivity contribution in [1.29, 1.82) is 0 Å². The number of piperidine rings is 1. The molecule has 106 valence electrons. The number of rotatable bonds is 6. The second kappa shape index (κ2) is 7.45. The topological polar surface area (TPSA) is 60.4 Å². The average molecular weight is 287 g/mol. The SMILES string of the molecule is CCOCCOc1nc(Cl)nc(N2CCCCC2)n1. The highest BCUT2D eigenvalue weighted by molar-refractivity contribution is 6.28. The molecule has 6 nitrogen and oxygen atoms in total. The number of hydrogen-bond acceptors (Lipinski definition) is 6. The van der Waals surface area contributed by atoms with Crippen molar-refractivity contribution in [3.8, 4) is 6.01 Å². The van der Waals surface area contributed by atoms with E-state index in [4.69, 9.17) is 21.1 Å². The first-order chi connectivity index (χ1) is 9.29. The highest BCUT2D eigenvalue weighted by atomic mass is 35.5. The van der Waals surface area contributed by atoms with Crippen LogP contribution in [0.3, 0.4) is 0 Å². The van der Waals surface area contributed by atoms with Gasteiger partial charge in [0.1, 0.15) is 6.61 Å². The number of aromatic nitrogens is 3. The Bertz CT molecular complexity index is 399. The maximum atomic E-state index is 5.91. The van der Waals surface area contributed by atoms with Gasteiger partial charge in [-0.25, -0.2) is 0 Å². The smallest absolute Gasteiger partial charge is 0.322 e. The highest BCUT2D eigenvalue weighted by Crippen LogP contribution is 2.19.